The first-order valence-corrected chi connectivity index (χ1v) is 5.99. The molecule has 0 saturated heterocycles. The maximum Gasteiger partial charge on any atom is 0.233 e. The molecular weight excluding hydrogens is 242 g/mol. The third-order valence-corrected chi connectivity index (χ3v) is 2.95. The molecule has 0 saturated carbocycles. The van der Waals surface area contributed by atoms with Gasteiger partial charge in [0, 0.05) is 6.54 Å². The van der Waals surface area contributed by atoms with Crippen LogP contribution in [0.3, 0.4) is 0 Å². The Morgan fingerprint density at radius 3 is 3.18 bits per heavy atom. The average Bonchev–Trinajstić information content (AvgIpc) is 2.74. The third-order valence-electron chi connectivity index (χ3n) is 1.88. The van der Waals surface area contributed by atoms with Crippen LogP contribution in [-0.2, 0) is 11.3 Å². The number of carbonyl (C=O) groups is 1. The van der Waals surface area contributed by atoms with Crippen molar-refractivity contribution in [3.8, 4) is 0 Å². The molecule has 1 aromatic rings. The molecule has 1 aromatic heterocycles. The van der Waals surface area contributed by atoms with Crippen molar-refractivity contribution >= 4 is 17.7 Å². The summed E-state index contributed by atoms with van der Waals surface area (Å²) in [7, 11) is 0. The summed E-state index contributed by atoms with van der Waals surface area (Å²) in [4.78, 5) is 11.6. The summed E-state index contributed by atoms with van der Waals surface area (Å²) in [6.07, 6.45) is 1.62. The first kappa shape index (κ1) is 13.7. The van der Waals surface area contributed by atoms with E-state index in [2.05, 4.69) is 27.4 Å². The lowest BCUT2D eigenvalue weighted by molar-refractivity contribution is -0.120. The minimum Gasteiger partial charge on any atom is -0.394 e. The summed E-state index contributed by atoms with van der Waals surface area (Å²) in [6.45, 7) is 5.99. The van der Waals surface area contributed by atoms with E-state index in [4.69, 9.17) is 5.11 Å². The smallest absolute Gasteiger partial charge is 0.233 e. The second-order valence-corrected chi connectivity index (χ2v) is 4.51. The number of nitrogens with one attached hydrogen (secondary N) is 1. The van der Waals surface area contributed by atoms with Crippen LogP contribution in [0.1, 0.15) is 6.92 Å². The van der Waals surface area contributed by atoms with E-state index in [-0.39, 0.29) is 17.8 Å². The van der Waals surface area contributed by atoms with Gasteiger partial charge in [0.2, 0.25) is 11.1 Å². The van der Waals surface area contributed by atoms with Gasteiger partial charge in [-0.3, -0.25) is 4.79 Å². The van der Waals surface area contributed by atoms with Gasteiger partial charge in [-0.25, -0.2) is 4.68 Å². The molecule has 0 radical (unpaired) electrons. The normalized spacial score (nSPS) is 12.1. The van der Waals surface area contributed by atoms with Crippen molar-refractivity contribution in [3.05, 3.63) is 12.7 Å². The maximum atomic E-state index is 11.6. The third kappa shape index (κ3) is 4.16. The minimum absolute atomic E-state index is 0.0460. The second kappa shape index (κ2) is 7.02. The van der Waals surface area contributed by atoms with E-state index in [1.807, 2.05) is 0 Å². The lowest BCUT2D eigenvalue weighted by atomic mass is 10.4. The van der Waals surface area contributed by atoms with Crippen LogP contribution in [-0.4, -0.2) is 49.6 Å². The van der Waals surface area contributed by atoms with Gasteiger partial charge in [-0.2, -0.15) is 0 Å². The molecular formula is C9H15N5O2S. The van der Waals surface area contributed by atoms with Gasteiger partial charge in [0.05, 0.1) is 18.4 Å². The van der Waals surface area contributed by atoms with Gasteiger partial charge in [-0.05, 0) is 17.4 Å². The molecule has 0 aliphatic heterocycles. The summed E-state index contributed by atoms with van der Waals surface area (Å²) in [5.41, 5.74) is 0. The number of tetrazole rings is 1. The number of rotatable bonds is 7. The van der Waals surface area contributed by atoms with E-state index in [0.29, 0.717) is 18.2 Å². The van der Waals surface area contributed by atoms with Crippen molar-refractivity contribution in [1.29, 1.82) is 0 Å². The molecule has 2 N–H and O–H groups in total. The second-order valence-electron chi connectivity index (χ2n) is 3.20. The Labute approximate surface area is 103 Å². The number of amides is 1. The summed E-state index contributed by atoms with van der Waals surface area (Å²) >= 11 is 1.24. The highest BCUT2D eigenvalue weighted by Crippen LogP contribution is 2.19. The first-order chi connectivity index (χ1) is 8.19. The van der Waals surface area contributed by atoms with Crippen LogP contribution in [0.15, 0.2) is 17.8 Å². The fraction of sp³-hybridized carbons (Fsp3) is 0.556. The summed E-state index contributed by atoms with van der Waals surface area (Å²) in [5, 5.41) is 22.7. The molecule has 1 amide bonds. The van der Waals surface area contributed by atoms with E-state index in [9.17, 15) is 4.79 Å². The van der Waals surface area contributed by atoms with E-state index in [1.165, 1.54) is 16.4 Å². The molecule has 1 unspecified atom stereocenters. The number of carbonyl (C=O) groups excluding carboxylic acids is 1. The van der Waals surface area contributed by atoms with Gasteiger partial charge < -0.3 is 10.4 Å². The molecule has 1 rings (SSSR count). The Balaban J connectivity index is 2.54. The number of thioether (sulfide) groups is 1. The highest BCUT2D eigenvalue weighted by molar-refractivity contribution is 8.00. The van der Waals surface area contributed by atoms with Crippen molar-refractivity contribution in [2.24, 2.45) is 0 Å². The van der Waals surface area contributed by atoms with Crippen molar-refractivity contribution < 1.29 is 9.90 Å². The molecule has 1 atom stereocenters. The predicted molar refractivity (Wildman–Crippen MR) is 63.4 cm³/mol. The fourth-order valence-corrected chi connectivity index (χ4v) is 1.88. The number of nitrogens with zero attached hydrogens (tertiary/aromatic N) is 4. The summed E-state index contributed by atoms with van der Waals surface area (Å²) in [6, 6.07) is 0. The van der Waals surface area contributed by atoms with Crippen LogP contribution < -0.4 is 5.32 Å². The molecule has 1 heterocycles. The Morgan fingerprint density at radius 1 is 1.76 bits per heavy atom. The number of hydrogen-bond acceptors (Lipinski definition) is 6. The largest absolute Gasteiger partial charge is 0.394 e. The molecule has 0 fully saturated rings. The standard InChI is InChI=1S/C9H15N5O2S/c1-3-4-10-8(16)7(2)17-9-11-12-13-14(9)5-6-15/h3,7,15H,1,4-6H2,2H3,(H,10,16). The molecule has 0 bridgehead atoms. The zero-order valence-corrected chi connectivity index (χ0v) is 10.4. The van der Waals surface area contributed by atoms with E-state index in [1.54, 1.807) is 13.0 Å². The molecule has 0 aliphatic rings. The zero-order chi connectivity index (χ0) is 12.7. The van der Waals surface area contributed by atoms with Crippen LogP contribution >= 0.6 is 11.8 Å². The van der Waals surface area contributed by atoms with E-state index in [0.717, 1.165) is 0 Å². The zero-order valence-electron chi connectivity index (χ0n) is 9.54. The summed E-state index contributed by atoms with van der Waals surface area (Å²) < 4.78 is 1.46. The number of aliphatic hydroxyl groups excluding tert-OH is 1. The Hall–Kier alpha value is -1.41. The van der Waals surface area contributed by atoms with Gasteiger partial charge in [-0.15, -0.1) is 11.7 Å². The lowest BCUT2D eigenvalue weighted by Crippen LogP contribution is -2.31. The van der Waals surface area contributed by atoms with Crippen molar-refractivity contribution in [3.63, 3.8) is 0 Å². The Kier molecular flexibility index (Phi) is 5.64. The monoisotopic (exact) mass is 257 g/mol. The number of aromatic nitrogens is 4. The number of hydrogen-bond donors (Lipinski definition) is 2. The van der Waals surface area contributed by atoms with Gasteiger partial charge in [0.15, 0.2) is 0 Å². The molecule has 94 valence electrons. The fourth-order valence-electron chi connectivity index (χ4n) is 1.04. The Morgan fingerprint density at radius 2 is 2.53 bits per heavy atom. The van der Waals surface area contributed by atoms with Crippen molar-refractivity contribution in [1.82, 2.24) is 25.5 Å². The Bertz CT molecular complexity index is 381. The lowest BCUT2D eigenvalue weighted by Gasteiger charge is -2.09. The SMILES string of the molecule is C=CCNC(=O)C(C)Sc1nnnn1CCO. The minimum atomic E-state index is -0.307. The summed E-state index contributed by atoms with van der Waals surface area (Å²) in [5.74, 6) is -0.103. The van der Waals surface area contributed by atoms with Gasteiger partial charge in [-0.1, -0.05) is 17.8 Å². The van der Waals surface area contributed by atoms with Gasteiger partial charge >= 0.3 is 0 Å². The molecule has 0 spiro atoms. The van der Waals surface area contributed by atoms with E-state index >= 15 is 0 Å². The molecule has 8 heteroatoms. The maximum absolute atomic E-state index is 11.6. The van der Waals surface area contributed by atoms with Gasteiger partial charge in [0.1, 0.15) is 0 Å². The molecule has 17 heavy (non-hydrogen) atoms. The average molecular weight is 257 g/mol. The van der Waals surface area contributed by atoms with Crippen LogP contribution in [0.25, 0.3) is 0 Å². The number of aliphatic hydroxyl groups is 1. The highest BCUT2D eigenvalue weighted by Gasteiger charge is 2.17. The van der Waals surface area contributed by atoms with E-state index < -0.39 is 0 Å². The van der Waals surface area contributed by atoms with Crippen LogP contribution in [0.4, 0.5) is 0 Å². The molecule has 0 aliphatic carbocycles. The molecule has 7 nitrogen and oxygen atoms in total. The van der Waals surface area contributed by atoms with Crippen molar-refractivity contribution in [2.45, 2.75) is 23.9 Å². The first-order valence-electron chi connectivity index (χ1n) is 5.11. The van der Waals surface area contributed by atoms with Gasteiger partial charge in [0.25, 0.3) is 0 Å². The quantitative estimate of drug-likeness (QED) is 0.503. The topological polar surface area (TPSA) is 92.9 Å². The molecule has 0 aromatic carbocycles. The highest BCUT2D eigenvalue weighted by atomic mass is 32.2. The predicted octanol–water partition coefficient (Wildman–Crippen LogP) is -0.552. The van der Waals surface area contributed by atoms with Crippen molar-refractivity contribution in [2.75, 3.05) is 13.2 Å². The van der Waals surface area contributed by atoms with Crippen LogP contribution in [0.5, 0.6) is 0 Å². The van der Waals surface area contributed by atoms with Crippen LogP contribution in [0.2, 0.25) is 0 Å². The van der Waals surface area contributed by atoms with Crippen LogP contribution in [0, 0.1) is 0 Å².